The van der Waals surface area contributed by atoms with E-state index in [1.165, 1.54) is 0 Å². The zero-order valence-corrected chi connectivity index (χ0v) is 29.5. The summed E-state index contributed by atoms with van der Waals surface area (Å²) in [5, 5.41) is 8.51. The quantitative estimate of drug-likeness (QED) is 0.0583. The SMILES string of the molecule is CC(C)OC(=O)[C@H](Cc1ccccc1)NP(=O)(N[C@@H](Cc1ccccc1)C(=O)OC(C)C)OCOc1ccccc1C(=O)Nc1ccccc1. The van der Waals surface area contributed by atoms with E-state index in [0.29, 0.717) is 5.69 Å². The maximum atomic E-state index is 14.8. The minimum absolute atomic E-state index is 0.102. The van der Waals surface area contributed by atoms with Crippen LogP contribution < -0.4 is 20.2 Å². The van der Waals surface area contributed by atoms with Crippen LogP contribution in [-0.2, 0) is 41.0 Å². The number of amides is 1. The molecule has 4 aromatic rings. The molecule has 11 nitrogen and oxygen atoms in total. The molecule has 50 heavy (non-hydrogen) atoms. The first-order valence-corrected chi connectivity index (χ1v) is 18.0. The molecule has 0 fully saturated rings. The zero-order chi connectivity index (χ0) is 35.9. The van der Waals surface area contributed by atoms with Crippen molar-refractivity contribution in [1.82, 2.24) is 10.2 Å². The predicted molar refractivity (Wildman–Crippen MR) is 192 cm³/mol. The van der Waals surface area contributed by atoms with Crippen LogP contribution in [0.2, 0.25) is 0 Å². The highest BCUT2D eigenvalue weighted by Gasteiger charge is 2.37. The van der Waals surface area contributed by atoms with Crippen LogP contribution in [0.4, 0.5) is 5.69 Å². The predicted octanol–water partition coefficient (Wildman–Crippen LogP) is 6.70. The molecule has 0 saturated carbocycles. The molecule has 264 valence electrons. The summed E-state index contributed by atoms with van der Waals surface area (Å²) >= 11 is 0. The van der Waals surface area contributed by atoms with Gasteiger partial charge in [-0.3, -0.25) is 23.5 Å². The van der Waals surface area contributed by atoms with Gasteiger partial charge in [0.05, 0.1) is 17.8 Å². The molecule has 0 spiro atoms. The van der Waals surface area contributed by atoms with Gasteiger partial charge >= 0.3 is 19.6 Å². The molecular weight excluding hydrogens is 657 g/mol. The van der Waals surface area contributed by atoms with Crippen LogP contribution in [0.1, 0.15) is 49.2 Å². The van der Waals surface area contributed by atoms with Gasteiger partial charge in [-0.15, -0.1) is 0 Å². The Hall–Kier alpha value is -4.80. The number of hydrogen-bond donors (Lipinski definition) is 3. The lowest BCUT2D eigenvalue weighted by atomic mass is 10.1. The molecule has 0 saturated heterocycles. The number of anilines is 1. The van der Waals surface area contributed by atoms with Gasteiger partial charge in [0.1, 0.15) is 17.8 Å². The molecule has 0 radical (unpaired) electrons. The maximum Gasteiger partial charge on any atom is 0.345 e. The van der Waals surface area contributed by atoms with Crippen LogP contribution >= 0.6 is 7.67 Å². The smallest absolute Gasteiger partial charge is 0.345 e. The van der Waals surface area contributed by atoms with E-state index in [-0.39, 0.29) is 24.2 Å². The topological polar surface area (TPSA) is 141 Å². The van der Waals surface area contributed by atoms with Crippen molar-refractivity contribution in [2.24, 2.45) is 0 Å². The molecule has 3 N–H and O–H groups in total. The second-order valence-electron chi connectivity index (χ2n) is 12.0. The van der Waals surface area contributed by atoms with Gasteiger partial charge in [-0.25, -0.2) is 10.2 Å². The molecule has 0 aliphatic carbocycles. The summed E-state index contributed by atoms with van der Waals surface area (Å²) in [6.45, 7) is 6.22. The molecule has 0 aliphatic rings. The van der Waals surface area contributed by atoms with Gasteiger partial charge in [0, 0.05) is 5.69 Å². The number of para-hydroxylation sites is 2. The first kappa shape index (κ1) is 38.0. The summed E-state index contributed by atoms with van der Waals surface area (Å²) in [5.41, 5.74) is 2.34. The number of carbonyl (C=O) groups excluding carboxylic acids is 3. The molecule has 4 rings (SSSR count). The average molecular weight is 702 g/mol. The first-order chi connectivity index (χ1) is 24.0. The molecule has 4 aromatic carbocycles. The minimum Gasteiger partial charge on any atom is -0.466 e. The van der Waals surface area contributed by atoms with E-state index in [1.807, 2.05) is 66.7 Å². The van der Waals surface area contributed by atoms with Crippen LogP contribution in [0.25, 0.3) is 0 Å². The number of carbonyl (C=O) groups is 3. The Morgan fingerprint density at radius 2 is 1.06 bits per heavy atom. The Kier molecular flexibility index (Phi) is 14.3. The number of benzene rings is 4. The van der Waals surface area contributed by atoms with E-state index in [9.17, 15) is 18.9 Å². The summed E-state index contributed by atoms with van der Waals surface area (Å²) in [4.78, 5) is 39.9. The van der Waals surface area contributed by atoms with Crippen LogP contribution in [-0.4, -0.2) is 48.9 Å². The van der Waals surface area contributed by atoms with E-state index >= 15 is 0 Å². The summed E-state index contributed by atoms with van der Waals surface area (Å²) in [6, 6.07) is 31.5. The molecule has 0 aliphatic heterocycles. The van der Waals surface area contributed by atoms with Gasteiger partial charge in [0.2, 0.25) is 0 Å². The van der Waals surface area contributed by atoms with Crippen LogP contribution in [0.5, 0.6) is 5.75 Å². The van der Waals surface area contributed by atoms with Crippen LogP contribution in [0.15, 0.2) is 115 Å². The average Bonchev–Trinajstić information content (AvgIpc) is 3.08. The van der Waals surface area contributed by atoms with E-state index in [2.05, 4.69) is 15.5 Å². The molecule has 0 aromatic heterocycles. The summed E-state index contributed by atoms with van der Waals surface area (Å²) in [7, 11) is -4.36. The standard InChI is InChI=1S/C38H44N3O8P/c1-27(2)48-37(43)33(24-29-16-8-5-9-17-29)40-50(45,41-34(38(44)49-28(3)4)25-30-18-10-6-11-19-30)47-26-46-35-23-15-14-22-32(35)36(42)39-31-20-12-7-13-21-31/h5-23,27-28,33-34H,24-26H2,1-4H3,(H,39,42)(H2,40,41,45)/t33-,34-/m0/s1. The second kappa shape index (κ2) is 18.8. The fourth-order valence-corrected chi connectivity index (χ4v) is 6.52. The molecule has 0 unspecified atom stereocenters. The third-order valence-electron chi connectivity index (χ3n) is 7.10. The van der Waals surface area contributed by atoms with Crippen LogP contribution in [0, 0.1) is 0 Å². The minimum atomic E-state index is -4.36. The van der Waals surface area contributed by atoms with Gasteiger partial charge in [-0.05, 0) is 75.9 Å². The van der Waals surface area contributed by atoms with Gasteiger partial charge in [-0.2, -0.15) is 0 Å². The highest BCUT2D eigenvalue weighted by atomic mass is 31.2. The van der Waals surface area contributed by atoms with Crippen molar-refractivity contribution in [3.63, 3.8) is 0 Å². The van der Waals surface area contributed by atoms with Crippen molar-refractivity contribution in [3.05, 3.63) is 132 Å². The second-order valence-corrected chi connectivity index (χ2v) is 13.9. The number of ether oxygens (including phenoxy) is 3. The largest absolute Gasteiger partial charge is 0.466 e. The number of hydrogen-bond acceptors (Lipinski definition) is 8. The first-order valence-electron chi connectivity index (χ1n) is 16.4. The number of nitrogens with one attached hydrogen (secondary N) is 3. The molecule has 0 heterocycles. The van der Waals surface area contributed by atoms with Gasteiger partial charge < -0.3 is 19.5 Å². The van der Waals surface area contributed by atoms with Crippen molar-refractivity contribution < 1.29 is 37.7 Å². The Morgan fingerprint density at radius 3 is 1.54 bits per heavy atom. The van der Waals surface area contributed by atoms with E-state index in [4.69, 9.17) is 18.7 Å². The van der Waals surface area contributed by atoms with Gasteiger partial charge in [-0.1, -0.05) is 91.0 Å². The molecule has 1 amide bonds. The van der Waals surface area contributed by atoms with E-state index in [1.54, 1.807) is 76.2 Å². The third kappa shape index (κ3) is 12.3. The summed E-state index contributed by atoms with van der Waals surface area (Å²) < 4.78 is 37.6. The summed E-state index contributed by atoms with van der Waals surface area (Å²) in [5.74, 6) is -1.59. The van der Waals surface area contributed by atoms with E-state index < -0.39 is 56.6 Å². The van der Waals surface area contributed by atoms with Gasteiger partial charge in [0.15, 0.2) is 6.79 Å². The highest BCUT2D eigenvalue weighted by molar-refractivity contribution is 7.54. The lowest BCUT2D eigenvalue weighted by molar-refractivity contribution is -0.150. The zero-order valence-electron chi connectivity index (χ0n) is 28.6. The van der Waals surface area contributed by atoms with Crippen LogP contribution in [0.3, 0.4) is 0 Å². The normalized spacial score (nSPS) is 12.6. The molecule has 0 bridgehead atoms. The van der Waals surface area contributed by atoms with Crippen molar-refractivity contribution in [3.8, 4) is 5.75 Å². The van der Waals surface area contributed by atoms with Crippen molar-refractivity contribution in [2.75, 3.05) is 12.1 Å². The van der Waals surface area contributed by atoms with Gasteiger partial charge in [0.25, 0.3) is 5.91 Å². The maximum absolute atomic E-state index is 14.8. The number of esters is 2. The molecule has 2 atom stereocenters. The van der Waals surface area contributed by atoms with Crippen molar-refractivity contribution in [1.29, 1.82) is 0 Å². The Bertz CT molecular complexity index is 1650. The fourth-order valence-electron chi connectivity index (χ4n) is 4.88. The lowest BCUT2D eigenvalue weighted by Crippen LogP contribution is -2.47. The Labute approximate surface area is 293 Å². The monoisotopic (exact) mass is 701 g/mol. The highest BCUT2D eigenvalue weighted by Crippen LogP contribution is 2.40. The summed E-state index contributed by atoms with van der Waals surface area (Å²) in [6.07, 6.45) is -0.705. The molecular formula is C38H44N3O8P. The Morgan fingerprint density at radius 1 is 0.620 bits per heavy atom. The lowest BCUT2D eigenvalue weighted by Gasteiger charge is -2.29. The fraction of sp³-hybridized carbons (Fsp3) is 0.289. The van der Waals surface area contributed by atoms with Crippen molar-refractivity contribution >= 4 is 31.2 Å². The van der Waals surface area contributed by atoms with Crippen molar-refractivity contribution in [2.45, 2.75) is 64.8 Å². The number of rotatable bonds is 18. The third-order valence-corrected chi connectivity index (χ3v) is 8.87. The molecule has 12 heteroatoms. The van der Waals surface area contributed by atoms with E-state index in [0.717, 1.165) is 11.1 Å². The Balaban J connectivity index is 1.63.